The van der Waals surface area contributed by atoms with E-state index in [1.165, 1.54) is 18.2 Å². The molecule has 3 nitrogen and oxygen atoms in total. The summed E-state index contributed by atoms with van der Waals surface area (Å²) in [4.78, 5) is 0. The van der Waals surface area contributed by atoms with Gasteiger partial charge in [-0.05, 0) is 53.8 Å². The predicted octanol–water partition coefficient (Wildman–Crippen LogP) is 8.42. The smallest absolute Gasteiger partial charge is 0.195 e. The molecule has 0 saturated carbocycles. The van der Waals surface area contributed by atoms with Crippen molar-refractivity contribution in [3.63, 3.8) is 0 Å². The highest BCUT2D eigenvalue weighted by Gasteiger charge is 2.27. The van der Waals surface area contributed by atoms with Gasteiger partial charge in [-0.1, -0.05) is 43.7 Å². The largest absolute Gasteiger partial charge is 0.487 e. The maximum absolute atomic E-state index is 14.6. The highest BCUT2D eigenvalue weighted by atomic mass is 19.2. The topological polar surface area (TPSA) is 27.7 Å². The minimum atomic E-state index is -1.76. The fourth-order valence-electron chi connectivity index (χ4n) is 4.19. The Labute approximate surface area is 221 Å². The minimum Gasteiger partial charge on any atom is -0.487 e. The number of halogens is 6. The van der Waals surface area contributed by atoms with Crippen molar-refractivity contribution in [2.24, 2.45) is 5.92 Å². The van der Waals surface area contributed by atoms with Crippen molar-refractivity contribution in [1.82, 2.24) is 0 Å². The highest BCUT2D eigenvalue weighted by molar-refractivity contribution is 5.84. The van der Waals surface area contributed by atoms with Crippen molar-refractivity contribution in [3.05, 3.63) is 101 Å². The van der Waals surface area contributed by atoms with Crippen molar-refractivity contribution in [2.45, 2.75) is 27.1 Å². The third kappa shape index (κ3) is 6.04. The van der Waals surface area contributed by atoms with Crippen molar-refractivity contribution < 1.29 is 40.6 Å². The summed E-state index contributed by atoms with van der Waals surface area (Å²) in [6.07, 6.45) is -1.06. The lowest BCUT2D eigenvalue weighted by Gasteiger charge is -2.29. The van der Waals surface area contributed by atoms with Crippen LogP contribution in [0.3, 0.4) is 0 Å². The fraction of sp³-hybridized carbons (Fsp3) is 0.267. The Balaban J connectivity index is 0.00000172. The van der Waals surface area contributed by atoms with Gasteiger partial charge in [0.25, 0.3) is 0 Å². The monoisotopic (exact) mass is 548 g/mol. The Morgan fingerprint density at radius 2 is 1.33 bits per heavy atom. The molecule has 0 unspecified atom stereocenters. The van der Waals surface area contributed by atoms with Gasteiger partial charge in [0.1, 0.15) is 5.82 Å². The van der Waals surface area contributed by atoms with Gasteiger partial charge in [0.05, 0.1) is 25.2 Å². The average molecular weight is 549 g/mol. The van der Waals surface area contributed by atoms with Gasteiger partial charge >= 0.3 is 0 Å². The highest BCUT2D eigenvalue weighted by Crippen LogP contribution is 2.33. The lowest BCUT2D eigenvalue weighted by Crippen LogP contribution is -2.31. The summed E-state index contributed by atoms with van der Waals surface area (Å²) in [6, 6.07) is 12.5. The molecule has 0 bridgehead atoms. The van der Waals surface area contributed by atoms with Gasteiger partial charge in [-0.3, -0.25) is 0 Å². The molecule has 1 aliphatic rings. The van der Waals surface area contributed by atoms with Crippen LogP contribution in [0.5, 0.6) is 5.75 Å². The van der Waals surface area contributed by atoms with Gasteiger partial charge in [0.2, 0.25) is 0 Å². The molecule has 9 heteroatoms. The van der Waals surface area contributed by atoms with Crippen LogP contribution in [-0.2, 0) is 9.47 Å². The summed E-state index contributed by atoms with van der Waals surface area (Å²) in [5, 5.41) is -0.869. The van der Waals surface area contributed by atoms with Crippen LogP contribution in [0.2, 0.25) is 0 Å². The van der Waals surface area contributed by atoms with Gasteiger partial charge in [0, 0.05) is 11.5 Å². The third-order valence-corrected chi connectivity index (χ3v) is 6.13. The van der Waals surface area contributed by atoms with Crippen LogP contribution >= 0.6 is 0 Å². The standard InChI is InChI=1S/C28H20F6O3.C2H6/c1-14-2-4-16(5-3-14)17-7-22(31)27(23(32)8-17)35-11-15-12-36-28(37-13-15)19-6-18-9-21(30)25(33)26(34)24(18)20(29)10-19;1-2/h2-10,15,28H,11-13H2,1H3;1-2H3. The molecule has 4 aromatic carbocycles. The van der Waals surface area contributed by atoms with E-state index in [2.05, 4.69) is 0 Å². The van der Waals surface area contributed by atoms with Crippen LogP contribution in [0.4, 0.5) is 26.3 Å². The number of hydrogen-bond donors (Lipinski definition) is 0. The van der Waals surface area contributed by atoms with Gasteiger partial charge in [-0.25, -0.2) is 26.3 Å². The Hall–Kier alpha value is -3.56. The van der Waals surface area contributed by atoms with Gasteiger partial charge in [0.15, 0.2) is 41.1 Å². The van der Waals surface area contributed by atoms with Crippen LogP contribution in [0.25, 0.3) is 21.9 Å². The zero-order valence-corrected chi connectivity index (χ0v) is 21.5. The quantitative estimate of drug-likeness (QED) is 0.185. The second-order valence-corrected chi connectivity index (χ2v) is 8.90. The van der Waals surface area contributed by atoms with Gasteiger partial charge < -0.3 is 14.2 Å². The molecule has 0 aromatic heterocycles. The molecular weight excluding hydrogens is 522 g/mol. The first-order chi connectivity index (χ1) is 18.7. The first-order valence-electron chi connectivity index (χ1n) is 12.4. The second-order valence-electron chi connectivity index (χ2n) is 8.90. The maximum atomic E-state index is 14.6. The van der Waals surface area contributed by atoms with E-state index in [4.69, 9.17) is 14.2 Å². The number of hydrogen-bond acceptors (Lipinski definition) is 3. The molecule has 0 radical (unpaired) electrons. The zero-order valence-electron chi connectivity index (χ0n) is 21.5. The van der Waals surface area contributed by atoms with E-state index >= 15 is 0 Å². The van der Waals surface area contributed by atoms with E-state index in [-0.39, 0.29) is 30.8 Å². The van der Waals surface area contributed by atoms with Crippen LogP contribution in [0, 0.1) is 47.7 Å². The summed E-state index contributed by atoms with van der Waals surface area (Å²) in [7, 11) is 0. The Morgan fingerprint density at radius 1 is 0.718 bits per heavy atom. The molecule has 0 aliphatic carbocycles. The van der Waals surface area contributed by atoms with Crippen LogP contribution < -0.4 is 4.74 Å². The van der Waals surface area contributed by atoms with E-state index in [1.54, 1.807) is 12.1 Å². The van der Waals surface area contributed by atoms with E-state index in [1.807, 2.05) is 32.9 Å². The molecule has 0 amide bonds. The third-order valence-electron chi connectivity index (χ3n) is 6.13. The summed E-state index contributed by atoms with van der Waals surface area (Å²) in [5.74, 6) is -8.55. The Bertz CT molecular complexity index is 1440. The van der Waals surface area contributed by atoms with Crippen LogP contribution in [-0.4, -0.2) is 19.8 Å². The van der Waals surface area contributed by atoms with E-state index in [9.17, 15) is 26.3 Å². The summed E-state index contributed by atoms with van der Waals surface area (Å²) < 4.78 is 101. The van der Waals surface area contributed by atoms with Crippen molar-refractivity contribution in [1.29, 1.82) is 0 Å². The van der Waals surface area contributed by atoms with Crippen LogP contribution in [0.15, 0.2) is 54.6 Å². The number of ether oxygens (including phenoxy) is 3. The first kappa shape index (κ1) is 28.4. The average Bonchev–Trinajstić information content (AvgIpc) is 2.92. The molecule has 0 N–H and O–H groups in total. The number of fused-ring (bicyclic) bond motifs is 1. The molecule has 0 atom stereocenters. The van der Waals surface area contributed by atoms with E-state index in [0.29, 0.717) is 17.2 Å². The number of rotatable bonds is 5. The molecule has 1 heterocycles. The Kier molecular flexibility index (Phi) is 8.82. The van der Waals surface area contributed by atoms with Crippen molar-refractivity contribution in [2.75, 3.05) is 19.8 Å². The zero-order chi connectivity index (χ0) is 28.3. The number of aryl methyl sites for hydroxylation is 1. The molecule has 39 heavy (non-hydrogen) atoms. The number of benzene rings is 4. The summed E-state index contributed by atoms with van der Waals surface area (Å²) in [6.45, 7) is 5.88. The molecule has 4 aromatic rings. The van der Waals surface area contributed by atoms with Gasteiger partial charge in [-0.15, -0.1) is 0 Å². The van der Waals surface area contributed by atoms with Gasteiger partial charge in [-0.2, -0.15) is 0 Å². The molecule has 0 spiro atoms. The lowest BCUT2D eigenvalue weighted by molar-refractivity contribution is -0.208. The SMILES string of the molecule is CC.Cc1ccc(-c2cc(F)c(OCC3COC(c4cc(F)c5c(F)c(F)c(F)cc5c4)OC3)c(F)c2)cc1. The maximum Gasteiger partial charge on any atom is 0.195 e. The molecule has 5 rings (SSSR count). The molecule has 1 saturated heterocycles. The first-order valence-corrected chi connectivity index (χ1v) is 12.4. The summed E-state index contributed by atoms with van der Waals surface area (Å²) in [5.41, 5.74) is 2.20. The molecule has 1 aliphatic heterocycles. The van der Waals surface area contributed by atoms with Crippen molar-refractivity contribution >= 4 is 10.8 Å². The normalized spacial score (nSPS) is 17.1. The lowest BCUT2D eigenvalue weighted by atomic mass is 10.0. The molecular formula is C30H26F6O3. The van der Waals surface area contributed by atoms with Crippen LogP contribution in [0.1, 0.15) is 31.3 Å². The van der Waals surface area contributed by atoms with E-state index in [0.717, 1.165) is 11.6 Å². The fourth-order valence-corrected chi connectivity index (χ4v) is 4.19. The minimum absolute atomic E-state index is 0.0428. The van der Waals surface area contributed by atoms with E-state index < -0.39 is 58.2 Å². The molecule has 1 fully saturated rings. The predicted molar refractivity (Wildman–Crippen MR) is 135 cm³/mol. The van der Waals surface area contributed by atoms with Crippen molar-refractivity contribution in [3.8, 4) is 16.9 Å². The summed E-state index contributed by atoms with van der Waals surface area (Å²) >= 11 is 0. The second kappa shape index (κ2) is 12.1. The Morgan fingerprint density at radius 3 is 1.95 bits per heavy atom. The molecule has 206 valence electrons.